The maximum atomic E-state index is 13.2. The van der Waals surface area contributed by atoms with Crippen molar-refractivity contribution in [2.75, 3.05) is 24.6 Å². The van der Waals surface area contributed by atoms with E-state index in [-0.39, 0.29) is 22.8 Å². The first-order chi connectivity index (χ1) is 19.7. The molecule has 6 rings (SSSR count). The summed E-state index contributed by atoms with van der Waals surface area (Å²) in [5.41, 5.74) is 3.26. The SMILES string of the molecule is CC[C@@H]1C/C=C/[C@H](O)[C@@H]2CC[C@H]2CN2C[C@@]3(CCCc4cc(Cl)ccc43)COc3ccc(cc32)C(=O)NS(=O)(=O)N1. The zero-order valence-electron chi connectivity index (χ0n) is 23.3. The van der Waals surface area contributed by atoms with Crippen molar-refractivity contribution < 1.29 is 23.1 Å². The van der Waals surface area contributed by atoms with Crippen molar-refractivity contribution in [3.8, 4) is 5.75 Å². The molecule has 0 unspecified atom stereocenters. The van der Waals surface area contributed by atoms with Crippen LogP contribution in [0.4, 0.5) is 5.69 Å². The van der Waals surface area contributed by atoms with Crippen LogP contribution in [0.5, 0.6) is 5.75 Å². The molecule has 0 aromatic heterocycles. The van der Waals surface area contributed by atoms with Crippen molar-refractivity contribution in [1.82, 2.24) is 9.44 Å². The van der Waals surface area contributed by atoms with Crippen LogP contribution in [-0.4, -0.2) is 51.3 Å². The number of aliphatic hydroxyl groups is 1. The number of anilines is 1. The van der Waals surface area contributed by atoms with Crippen LogP contribution < -0.4 is 19.1 Å². The van der Waals surface area contributed by atoms with Crippen LogP contribution >= 0.6 is 11.6 Å². The second kappa shape index (κ2) is 11.2. The van der Waals surface area contributed by atoms with Crippen LogP contribution in [0.2, 0.25) is 5.02 Å². The molecule has 41 heavy (non-hydrogen) atoms. The zero-order valence-corrected chi connectivity index (χ0v) is 24.9. The molecule has 5 atom stereocenters. The molecule has 8 nitrogen and oxygen atoms in total. The molecular weight excluding hydrogens is 562 g/mol. The smallest absolute Gasteiger partial charge is 0.301 e. The number of aryl methyl sites for hydroxylation is 1. The van der Waals surface area contributed by atoms with Crippen LogP contribution in [0.3, 0.4) is 0 Å². The van der Waals surface area contributed by atoms with Gasteiger partial charge in [-0.15, -0.1) is 0 Å². The molecule has 220 valence electrons. The summed E-state index contributed by atoms with van der Waals surface area (Å²) in [6.45, 7) is 3.77. The molecule has 4 aliphatic rings. The lowest BCUT2D eigenvalue weighted by atomic mass is 9.68. The summed E-state index contributed by atoms with van der Waals surface area (Å²) < 4.78 is 37.0. The van der Waals surface area contributed by atoms with E-state index < -0.39 is 28.3 Å². The van der Waals surface area contributed by atoms with Gasteiger partial charge in [-0.3, -0.25) is 4.79 Å². The summed E-state index contributed by atoms with van der Waals surface area (Å²) >= 11 is 6.37. The Morgan fingerprint density at radius 1 is 1.20 bits per heavy atom. The lowest BCUT2D eigenvalue weighted by Gasteiger charge is -2.45. The predicted octanol–water partition coefficient (Wildman–Crippen LogP) is 4.50. The van der Waals surface area contributed by atoms with E-state index in [0.717, 1.165) is 42.8 Å². The van der Waals surface area contributed by atoms with E-state index >= 15 is 0 Å². The normalized spacial score (nSPS) is 32.0. The number of nitrogens with zero attached hydrogens (tertiary/aromatic N) is 1. The Morgan fingerprint density at radius 3 is 2.83 bits per heavy atom. The number of hydrogen-bond donors (Lipinski definition) is 3. The molecule has 0 radical (unpaired) electrons. The standard InChI is InChI=1S/C31H38ClN3O5S/c1-2-24-6-3-7-28(36)25-11-8-22(25)17-35-18-31(14-4-5-20-15-23(32)10-12-26(20)31)19-40-29-13-9-21(16-27(29)35)30(37)34-41(38,39)33-24/h3,7,9-10,12-13,15-16,22,24-25,28,33,36H,2,4-6,8,11,14,17-19H2,1H3,(H,34,37)/b7-3+/t22-,24+,25+,28-,31-/m0/s1. The molecule has 2 aromatic carbocycles. The van der Waals surface area contributed by atoms with E-state index in [4.69, 9.17) is 16.3 Å². The van der Waals surface area contributed by atoms with Gasteiger partial charge >= 0.3 is 10.2 Å². The van der Waals surface area contributed by atoms with E-state index in [1.165, 1.54) is 11.1 Å². The first kappa shape index (κ1) is 28.5. The van der Waals surface area contributed by atoms with Crippen molar-refractivity contribution in [1.29, 1.82) is 0 Å². The molecule has 10 heteroatoms. The number of hydrogen-bond acceptors (Lipinski definition) is 6. The highest BCUT2D eigenvalue weighted by atomic mass is 35.5. The van der Waals surface area contributed by atoms with Gasteiger partial charge in [0.15, 0.2) is 0 Å². The molecule has 2 aliphatic carbocycles. The van der Waals surface area contributed by atoms with E-state index in [9.17, 15) is 18.3 Å². The Labute approximate surface area is 247 Å². The van der Waals surface area contributed by atoms with Crippen molar-refractivity contribution >= 4 is 33.4 Å². The maximum Gasteiger partial charge on any atom is 0.301 e. The third kappa shape index (κ3) is 5.74. The van der Waals surface area contributed by atoms with Gasteiger partial charge in [-0.05, 0) is 98.2 Å². The minimum Gasteiger partial charge on any atom is -0.490 e. The van der Waals surface area contributed by atoms with Crippen molar-refractivity contribution in [3.05, 3.63) is 70.3 Å². The molecule has 1 saturated carbocycles. The number of amides is 1. The second-order valence-corrected chi connectivity index (χ2v) is 14.0. The quantitative estimate of drug-likeness (QED) is 0.417. The van der Waals surface area contributed by atoms with E-state index in [1.54, 1.807) is 24.3 Å². The van der Waals surface area contributed by atoms with Gasteiger partial charge in [-0.2, -0.15) is 13.1 Å². The number of aliphatic hydroxyl groups excluding tert-OH is 1. The molecule has 1 spiro atoms. The number of carbonyl (C=O) groups is 1. The van der Waals surface area contributed by atoms with Gasteiger partial charge < -0.3 is 14.7 Å². The third-order valence-corrected chi connectivity index (χ3v) is 10.8. The van der Waals surface area contributed by atoms with Gasteiger partial charge in [0, 0.05) is 35.1 Å². The summed E-state index contributed by atoms with van der Waals surface area (Å²) in [7, 11) is -4.09. The zero-order chi connectivity index (χ0) is 28.8. The highest BCUT2D eigenvalue weighted by molar-refractivity contribution is 7.88. The number of fused-ring (bicyclic) bond motifs is 4. The fourth-order valence-corrected chi connectivity index (χ4v) is 8.38. The molecular formula is C31H38ClN3O5S. The summed E-state index contributed by atoms with van der Waals surface area (Å²) in [5, 5.41) is 11.8. The number of carbonyl (C=O) groups excluding carboxylic acids is 1. The van der Waals surface area contributed by atoms with Gasteiger partial charge in [0.1, 0.15) is 5.75 Å². The molecule has 2 aromatic rings. The van der Waals surface area contributed by atoms with Crippen molar-refractivity contribution in [2.45, 2.75) is 69.4 Å². The Bertz CT molecular complexity index is 1460. The summed E-state index contributed by atoms with van der Waals surface area (Å²) in [6, 6.07) is 10.9. The fourth-order valence-electron chi connectivity index (χ4n) is 7.06. The Balaban J connectivity index is 1.41. The first-order valence-electron chi connectivity index (χ1n) is 14.7. The number of nitrogens with one attached hydrogen (secondary N) is 2. The number of rotatable bonds is 1. The number of benzene rings is 2. The van der Waals surface area contributed by atoms with E-state index in [2.05, 4.69) is 26.5 Å². The first-order valence-corrected chi connectivity index (χ1v) is 16.5. The largest absolute Gasteiger partial charge is 0.490 e. The van der Waals surface area contributed by atoms with Gasteiger partial charge in [-0.1, -0.05) is 36.7 Å². The molecule has 1 amide bonds. The van der Waals surface area contributed by atoms with Gasteiger partial charge in [-0.25, -0.2) is 4.72 Å². The Kier molecular flexibility index (Phi) is 7.82. The summed E-state index contributed by atoms with van der Waals surface area (Å²) in [5.74, 6) is 0.371. The van der Waals surface area contributed by atoms with Gasteiger partial charge in [0.2, 0.25) is 0 Å². The molecule has 0 saturated heterocycles. The van der Waals surface area contributed by atoms with Crippen LogP contribution in [0.15, 0.2) is 48.6 Å². The molecule has 1 fully saturated rings. The van der Waals surface area contributed by atoms with E-state index in [1.807, 2.05) is 19.1 Å². The molecule has 2 heterocycles. The predicted molar refractivity (Wildman–Crippen MR) is 160 cm³/mol. The van der Waals surface area contributed by atoms with Crippen LogP contribution in [0.1, 0.15) is 66.9 Å². The highest BCUT2D eigenvalue weighted by Gasteiger charge is 2.44. The average molecular weight is 600 g/mol. The molecule has 3 N–H and O–H groups in total. The number of halogens is 1. The average Bonchev–Trinajstić information content (AvgIpc) is 3.06. The molecule has 2 aliphatic heterocycles. The van der Waals surface area contributed by atoms with Crippen molar-refractivity contribution in [3.63, 3.8) is 0 Å². The lowest BCUT2D eigenvalue weighted by molar-refractivity contribution is 0.0456. The van der Waals surface area contributed by atoms with Crippen LogP contribution in [0, 0.1) is 11.8 Å². The lowest BCUT2D eigenvalue weighted by Crippen LogP contribution is -2.49. The maximum absolute atomic E-state index is 13.2. The summed E-state index contributed by atoms with van der Waals surface area (Å²) in [4.78, 5) is 15.5. The summed E-state index contributed by atoms with van der Waals surface area (Å²) in [6.07, 6.45) is 8.93. The Hall–Kier alpha value is -2.59. The molecule has 2 bridgehead atoms. The monoisotopic (exact) mass is 599 g/mol. The van der Waals surface area contributed by atoms with Gasteiger partial charge in [0.05, 0.1) is 18.4 Å². The highest BCUT2D eigenvalue weighted by Crippen LogP contribution is 2.46. The minimum atomic E-state index is -4.09. The Morgan fingerprint density at radius 2 is 2.05 bits per heavy atom. The van der Waals surface area contributed by atoms with Crippen LogP contribution in [-0.2, 0) is 22.0 Å². The van der Waals surface area contributed by atoms with Crippen molar-refractivity contribution in [2.24, 2.45) is 11.8 Å². The topological polar surface area (TPSA) is 108 Å². The fraction of sp³-hybridized carbons (Fsp3) is 0.516. The minimum absolute atomic E-state index is 0.114. The van der Waals surface area contributed by atoms with E-state index in [0.29, 0.717) is 38.3 Å². The third-order valence-electron chi connectivity index (χ3n) is 9.46. The second-order valence-electron chi connectivity index (χ2n) is 12.1. The van der Waals surface area contributed by atoms with Gasteiger partial charge in [0.25, 0.3) is 5.91 Å². The number of ether oxygens (including phenoxy) is 1. The van der Waals surface area contributed by atoms with Crippen LogP contribution in [0.25, 0.3) is 0 Å².